The number of unbranched alkanes of at least 4 members (excludes halogenated alkanes) is 33. The van der Waals surface area contributed by atoms with Crippen LogP contribution in [0.3, 0.4) is 0 Å². The number of carbonyl (C=O) groups is 4. The van der Waals surface area contributed by atoms with Gasteiger partial charge in [-0.2, -0.15) is 0 Å². The second-order valence-electron chi connectivity index (χ2n) is 26.8. The maximum atomic E-state index is 13.0. The Kier molecular flexibility index (Phi) is 61.6. The van der Waals surface area contributed by atoms with E-state index in [9.17, 15) is 43.2 Å². The fourth-order valence-corrected chi connectivity index (χ4v) is 12.1. The van der Waals surface area contributed by atoms with E-state index >= 15 is 0 Å². The van der Waals surface area contributed by atoms with Crippen LogP contribution in [0, 0.1) is 17.8 Å². The second kappa shape index (κ2) is 63.3. The van der Waals surface area contributed by atoms with Gasteiger partial charge in [-0.1, -0.05) is 291 Å². The molecule has 0 aliphatic rings. The van der Waals surface area contributed by atoms with Crippen LogP contribution in [0.4, 0.5) is 0 Å². The molecule has 0 rings (SSSR count). The Morgan fingerprint density at radius 1 is 0.359 bits per heavy atom. The molecule has 0 amide bonds. The van der Waals surface area contributed by atoms with Crippen LogP contribution in [-0.2, 0) is 65.4 Å². The van der Waals surface area contributed by atoms with Crippen molar-refractivity contribution in [3.63, 3.8) is 0 Å². The van der Waals surface area contributed by atoms with Crippen LogP contribution in [-0.4, -0.2) is 96.7 Å². The lowest BCUT2D eigenvalue weighted by molar-refractivity contribution is -0.161. The molecule has 542 valence electrons. The van der Waals surface area contributed by atoms with Gasteiger partial charge in [-0.3, -0.25) is 37.3 Å². The highest BCUT2D eigenvalue weighted by atomic mass is 31.2. The molecular formula is C73H138O17P2. The van der Waals surface area contributed by atoms with E-state index in [2.05, 4.69) is 72.8 Å². The molecule has 6 atom stereocenters. The number of rotatable bonds is 69. The molecule has 0 aromatic carbocycles. The molecule has 3 unspecified atom stereocenters. The average molecular weight is 1350 g/mol. The summed E-state index contributed by atoms with van der Waals surface area (Å²) in [5.41, 5.74) is 0. The highest BCUT2D eigenvalue weighted by Gasteiger charge is 2.30. The lowest BCUT2D eigenvalue weighted by Gasteiger charge is -2.21. The Balaban J connectivity index is 5.24. The molecule has 17 nitrogen and oxygen atoms in total. The van der Waals surface area contributed by atoms with Crippen molar-refractivity contribution in [3.05, 3.63) is 24.3 Å². The number of hydrogen-bond donors (Lipinski definition) is 3. The van der Waals surface area contributed by atoms with Crippen LogP contribution in [0.5, 0.6) is 0 Å². The molecule has 0 aromatic heterocycles. The summed E-state index contributed by atoms with van der Waals surface area (Å²) < 4.78 is 68.3. The summed E-state index contributed by atoms with van der Waals surface area (Å²) in [4.78, 5) is 72.6. The molecule has 0 fully saturated rings. The first-order valence-electron chi connectivity index (χ1n) is 37.2. The number of phosphoric ester groups is 2. The summed E-state index contributed by atoms with van der Waals surface area (Å²) in [7, 11) is -9.92. The maximum absolute atomic E-state index is 13.0. The lowest BCUT2D eigenvalue weighted by Crippen LogP contribution is -2.30. The van der Waals surface area contributed by atoms with Gasteiger partial charge in [-0.05, 0) is 69.1 Å². The third-order valence-electron chi connectivity index (χ3n) is 16.6. The minimum atomic E-state index is -4.96. The van der Waals surface area contributed by atoms with Gasteiger partial charge in [0.1, 0.15) is 19.3 Å². The van der Waals surface area contributed by atoms with Gasteiger partial charge in [0, 0.05) is 25.7 Å². The van der Waals surface area contributed by atoms with Gasteiger partial charge in [-0.25, -0.2) is 9.13 Å². The normalized spacial score (nSPS) is 14.6. The van der Waals surface area contributed by atoms with Crippen LogP contribution in [0.15, 0.2) is 24.3 Å². The van der Waals surface area contributed by atoms with E-state index in [1.807, 2.05) is 0 Å². The van der Waals surface area contributed by atoms with Gasteiger partial charge in [0.05, 0.1) is 26.4 Å². The molecule has 0 radical (unpaired) electrons. The smallest absolute Gasteiger partial charge is 0.462 e. The molecule has 0 saturated heterocycles. The average Bonchev–Trinajstić information content (AvgIpc) is 2.33. The van der Waals surface area contributed by atoms with E-state index in [-0.39, 0.29) is 25.7 Å². The van der Waals surface area contributed by atoms with E-state index in [0.717, 1.165) is 121 Å². The number of allylic oxidation sites excluding steroid dienone is 4. The van der Waals surface area contributed by atoms with Crippen LogP contribution in [0.25, 0.3) is 0 Å². The minimum absolute atomic E-state index is 0.0838. The maximum Gasteiger partial charge on any atom is 0.472 e. The summed E-state index contributed by atoms with van der Waals surface area (Å²) >= 11 is 0. The molecule has 19 heteroatoms. The Morgan fingerprint density at radius 3 is 0.967 bits per heavy atom. The zero-order chi connectivity index (χ0) is 68.0. The van der Waals surface area contributed by atoms with E-state index in [1.54, 1.807) is 0 Å². The standard InChI is InChI=1S/C73H138O17P2/c1-8-10-11-12-13-14-15-16-17-21-24-27-32-42-49-56-72(77)89-68(60-83-70(75)54-47-40-34-29-30-37-44-51-64(3)4)62-87-91(79,80)85-58-67(74)59-86-92(81,82)88-63-69(61-84-71(76)55-48-41-36-35-38-45-52-65(5)6)90-73(78)57-50-43-33-28-25-22-19-18-20-23-26-31-39-46-53-66(7)9-2/h14-17,64-69,74H,8-13,18-63H2,1-7H3,(H,79,80)(H,81,82)/b15-14-,17-16-/t66?,67-,68-,69-/m1/s1. The van der Waals surface area contributed by atoms with Crippen molar-refractivity contribution in [2.45, 2.75) is 362 Å². The highest BCUT2D eigenvalue weighted by molar-refractivity contribution is 7.47. The third-order valence-corrected chi connectivity index (χ3v) is 18.5. The predicted octanol–water partition coefficient (Wildman–Crippen LogP) is 20.6. The van der Waals surface area contributed by atoms with Crippen molar-refractivity contribution in [3.8, 4) is 0 Å². The topological polar surface area (TPSA) is 237 Å². The van der Waals surface area contributed by atoms with Gasteiger partial charge in [0.15, 0.2) is 12.2 Å². The largest absolute Gasteiger partial charge is 0.472 e. The summed E-state index contributed by atoms with van der Waals surface area (Å²) in [6.07, 6.45) is 51.0. The summed E-state index contributed by atoms with van der Waals surface area (Å²) in [5.74, 6) is 0.0675. The first kappa shape index (κ1) is 89.5. The van der Waals surface area contributed by atoms with Crippen molar-refractivity contribution >= 4 is 39.5 Å². The number of esters is 4. The van der Waals surface area contributed by atoms with Crippen molar-refractivity contribution in [1.29, 1.82) is 0 Å². The van der Waals surface area contributed by atoms with Crippen LogP contribution in [0.2, 0.25) is 0 Å². The number of phosphoric acid groups is 2. The molecule has 0 heterocycles. The number of aliphatic hydroxyl groups excluding tert-OH is 1. The summed E-state index contributed by atoms with van der Waals surface area (Å²) in [6, 6.07) is 0. The van der Waals surface area contributed by atoms with Crippen LogP contribution in [0.1, 0.15) is 344 Å². The lowest BCUT2D eigenvalue weighted by atomic mass is 9.99. The van der Waals surface area contributed by atoms with Gasteiger partial charge < -0.3 is 33.8 Å². The van der Waals surface area contributed by atoms with Gasteiger partial charge in [0.25, 0.3) is 0 Å². The van der Waals surface area contributed by atoms with Crippen molar-refractivity contribution in [2.75, 3.05) is 39.6 Å². The fourth-order valence-electron chi connectivity index (χ4n) is 10.5. The SMILES string of the molecule is CCCCCC/C=C\C=C/CCCCCCCC(=O)O[C@H](COC(=O)CCCCCCCCCC(C)C)COP(=O)(O)OC[C@@H](O)COP(=O)(O)OC[C@@H](COC(=O)CCCCCCCCC(C)C)OC(=O)CCCCCCCCCCCCCCCCC(C)CC. The highest BCUT2D eigenvalue weighted by Crippen LogP contribution is 2.45. The molecule has 0 aromatic rings. The monoisotopic (exact) mass is 1350 g/mol. The fraction of sp³-hybridized carbons (Fsp3) is 0.890. The Morgan fingerprint density at radius 2 is 0.641 bits per heavy atom. The molecule has 0 aliphatic carbocycles. The number of ether oxygens (including phenoxy) is 4. The molecule has 0 bridgehead atoms. The second-order valence-corrected chi connectivity index (χ2v) is 29.7. The Hall–Kier alpha value is -2.46. The molecule has 0 spiro atoms. The summed E-state index contributed by atoms with van der Waals surface area (Å²) in [6.45, 7) is 11.7. The number of carbonyl (C=O) groups excluding carboxylic acids is 4. The zero-order valence-corrected chi connectivity index (χ0v) is 61.3. The Bertz CT molecular complexity index is 1900. The minimum Gasteiger partial charge on any atom is -0.462 e. The predicted molar refractivity (Wildman–Crippen MR) is 372 cm³/mol. The zero-order valence-electron chi connectivity index (χ0n) is 59.5. The van der Waals surface area contributed by atoms with E-state index < -0.39 is 97.5 Å². The van der Waals surface area contributed by atoms with Crippen LogP contribution >= 0.6 is 15.6 Å². The quantitative estimate of drug-likeness (QED) is 0.0169. The number of hydrogen-bond acceptors (Lipinski definition) is 15. The summed E-state index contributed by atoms with van der Waals surface area (Å²) in [5, 5.41) is 10.6. The van der Waals surface area contributed by atoms with Crippen molar-refractivity contribution < 1.29 is 80.2 Å². The van der Waals surface area contributed by atoms with Crippen molar-refractivity contribution in [1.82, 2.24) is 0 Å². The van der Waals surface area contributed by atoms with Crippen molar-refractivity contribution in [2.24, 2.45) is 17.8 Å². The molecule has 92 heavy (non-hydrogen) atoms. The molecule has 3 N–H and O–H groups in total. The molecular weight excluding hydrogens is 1210 g/mol. The van der Waals surface area contributed by atoms with Gasteiger partial charge in [0.2, 0.25) is 0 Å². The first-order chi connectivity index (χ1) is 44.3. The van der Waals surface area contributed by atoms with Gasteiger partial charge >= 0.3 is 39.5 Å². The number of aliphatic hydroxyl groups is 1. The van der Waals surface area contributed by atoms with Gasteiger partial charge in [-0.15, -0.1) is 0 Å². The third kappa shape index (κ3) is 64.9. The van der Waals surface area contributed by atoms with E-state index in [0.29, 0.717) is 37.5 Å². The van der Waals surface area contributed by atoms with E-state index in [4.69, 9.17) is 37.0 Å². The molecule has 0 aliphatic heterocycles. The van der Waals surface area contributed by atoms with Crippen LogP contribution < -0.4 is 0 Å². The first-order valence-corrected chi connectivity index (χ1v) is 40.2. The van der Waals surface area contributed by atoms with E-state index in [1.165, 1.54) is 128 Å². The Labute approximate surface area is 561 Å². The molecule has 0 saturated carbocycles.